The van der Waals surface area contributed by atoms with Crippen molar-refractivity contribution in [3.05, 3.63) is 72.1 Å². The Morgan fingerprint density at radius 1 is 0.893 bits per heavy atom. The van der Waals surface area contributed by atoms with E-state index in [0.29, 0.717) is 5.82 Å². The molecule has 0 aliphatic carbocycles. The summed E-state index contributed by atoms with van der Waals surface area (Å²) >= 11 is 0. The average Bonchev–Trinajstić information content (AvgIpc) is 2.71. The first-order valence-electron chi connectivity index (χ1n) is 9.19. The Bertz CT molecular complexity index is 971. The molecule has 0 saturated carbocycles. The highest BCUT2D eigenvalue weighted by molar-refractivity contribution is 5.60. The van der Waals surface area contributed by atoms with Crippen LogP contribution in [-0.2, 0) is 0 Å². The molecule has 28 heavy (non-hydrogen) atoms. The minimum Gasteiger partial charge on any atom is -0.368 e. The van der Waals surface area contributed by atoms with Gasteiger partial charge in [0.15, 0.2) is 0 Å². The van der Waals surface area contributed by atoms with Crippen LogP contribution in [0.2, 0.25) is 0 Å². The molecule has 1 aliphatic rings. The van der Waals surface area contributed by atoms with Gasteiger partial charge in [0.05, 0.1) is 5.69 Å². The maximum absolute atomic E-state index is 13.9. The van der Waals surface area contributed by atoms with Crippen LogP contribution in [0.4, 0.5) is 31.8 Å². The zero-order valence-corrected chi connectivity index (χ0v) is 15.6. The molecule has 7 heteroatoms. The van der Waals surface area contributed by atoms with E-state index < -0.39 is 11.6 Å². The Kier molecular flexibility index (Phi) is 5.06. The molecule has 0 atom stereocenters. The van der Waals surface area contributed by atoms with Crippen molar-refractivity contribution in [3.8, 4) is 0 Å². The van der Waals surface area contributed by atoms with Crippen molar-refractivity contribution in [1.29, 1.82) is 0 Å². The maximum Gasteiger partial charge on any atom is 0.149 e. The summed E-state index contributed by atoms with van der Waals surface area (Å²) in [5, 5.41) is 2.89. The molecule has 0 radical (unpaired) electrons. The lowest BCUT2D eigenvalue weighted by molar-refractivity contribution is 0.586. The quantitative estimate of drug-likeness (QED) is 0.736. The smallest absolute Gasteiger partial charge is 0.149 e. The second-order valence-electron chi connectivity index (χ2n) is 6.82. The van der Waals surface area contributed by atoms with Gasteiger partial charge in [0.1, 0.15) is 29.6 Å². The van der Waals surface area contributed by atoms with Crippen molar-refractivity contribution in [1.82, 2.24) is 9.97 Å². The number of hydrogen-bond acceptors (Lipinski definition) is 5. The number of hydrogen-bond donors (Lipinski definition) is 1. The molecule has 0 spiro atoms. The fourth-order valence-corrected chi connectivity index (χ4v) is 3.34. The number of anilines is 4. The van der Waals surface area contributed by atoms with Crippen molar-refractivity contribution in [2.75, 3.05) is 41.3 Å². The normalized spacial score (nSPS) is 14.2. The van der Waals surface area contributed by atoms with E-state index in [9.17, 15) is 8.78 Å². The third-order valence-electron chi connectivity index (χ3n) is 4.82. The summed E-state index contributed by atoms with van der Waals surface area (Å²) in [6, 6.07) is 13.7. The van der Waals surface area contributed by atoms with E-state index in [-0.39, 0.29) is 5.69 Å². The molecule has 3 aromatic rings. The lowest BCUT2D eigenvalue weighted by Gasteiger charge is -2.36. The van der Waals surface area contributed by atoms with Gasteiger partial charge in [-0.15, -0.1) is 0 Å². The number of piperazine rings is 1. The standard InChI is InChI=1S/C21H21F2N5/c1-15-3-2-4-17(11-15)27-7-9-28(10-8-27)21-13-20(24-14-25-21)26-19-6-5-16(22)12-18(19)23/h2-6,11-14H,7-10H2,1H3,(H,24,25,26). The van der Waals surface area contributed by atoms with E-state index in [1.54, 1.807) is 6.07 Å². The van der Waals surface area contributed by atoms with Crippen molar-refractivity contribution in [2.24, 2.45) is 0 Å². The van der Waals surface area contributed by atoms with E-state index in [1.807, 2.05) is 0 Å². The minimum atomic E-state index is -0.660. The summed E-state index contributed by atoms with van der Waals surface area (Å²) < 4.78 is 26.9. The van der Waals surface area contributed by atoms with Gasteiger partial charge in [0.25, 0.3) is 0 Å². The highest BCUT2D eigenvalue weighted by Crippen LogP contribution is 2.23. The Balaban J connectivity index is 1.44. The summed E-state index contributed by atoms with van der Waals surface area (Å²) in [6.07, 6.45) is 1.45. The number of rotatable bonds is 4. The molecule has 1 fully saturated rings. The summed E-state index contributed by atoms with van der Waals surface area (Å²) in [5.41, 5.74) is 2.66. The maximum atomic E-state index is 13.9. The molecule has 1 aromatic heterocycles. The van der Waals surface area contributed by atoms with Gasteiger partial charge in [0.2, 0.25) is 0 Å². The Morgan fingerprint density at radius 2 is 1.68 bits per heavy atom. The third-order valence-corrected chi connectivity index (χ3v) is 4.82. The highest BCUT2D eigenvalue weighted by atomic mass is 19.1. The largest absolute Gasteiger partial charge is 0.368 e. The number of benzene rings is 2. The zero-order valence-electron chi connectivity index (χ0n) is 15.6. The van der Waals surface area contributed by atoms with Gasteiger partial charge in [-0.05, 0) is 36.8 Å². The van der Waals surface area contributed by atoms with E-state index in [1.165, 1.54) is 29.7 Å². The Hall–Kier alpha value is -3.22. The topological polar surface area (TPSA) is 44.3 Å². The molecule has 5 nitrogen and oxygen atoms in total. The van der Waals surface area contributed by atoms with Crippen LogP contribution in [0.25, 0.3) is 0 Å². The van der Waals surface area contributed by atoms with Crippen LogP contribution in [-0.4, -0.2) is 36.1 Å². The molecular weight excluding hydrogens is 360 g/mol. The van der Waals surface area contributed by atoms with Gasteiger partial charge in [-0.2, -0.15) is 0 Å². The van der Waals surface area contributed by atoms with Crippen LogP contribution in [0.1, 0.15) is 5.56 Å². The van der Waals surface area contributed by atoms with Crippen molar-refractivity contribution < 1.29 is 8.78 Å². The molecule has 0 amide bonds. The number of nitrogens with zero attached hydrogens (tertiary/aromatic N) is 4. The molecule has 2 aromatic carbocycles. The molecular formula is C21H21F2N5. The van der Waals surface area contributed by atoms with Gasteiger partial charge < -0.3 is 15.1 Å². The Morgan fingerprint density at radius 3 is 2.43 bits per heavy atom. The van der Waals surface area contributed by atoms with Gasteiger partial charge in [-0.3, -0.25) is 0 Å². The SMILES string of the molecule is Cc1cccc(N2CCN(c3cc(Nc4ccc(F)cc4F)ncn3)CC2)c1. The van der Waals surface area contributed by atoms with E-state index >= 15 is 0 Å². The van der Waals surface area contributed by atoms with Crippen molar-refractivity contribution in [3.63, 3.8) is 0 Å². The number of halogens is 2. The highest BCUT2D eigenvalue weighted by Gasteiger charge is 2.19. The van der Waals surface area contributed by atoms with E-state index in [2.05, 4.69) is 56.3 Å². The number of aryl methyl sites for hydroxylation is 1. The molecule has 0 unspecified atom stereocenters. The van der Waals surface area contributed by atoms with Gasteiger partial charge >= 0.3 is 0 Å². The number of nitrogens with one attached hydrogen (secondary N) is 1. The van der Waals surface area contributed by atoms with Crippen molar-refractivity contribution >= 4 is 23.0 Å². The predicted octanol–water partition coefficient (Wildman–Crippen LogP) is 4.13. The van der Waals surface area contributed by atoms with Crippen LogP contribution >= 0.6 is 0 Å². The molecule has 4 rings (SSSR count). The fraction of sp³-hybridized carbons (Fsp3) is 0.238. The predicted molar refractivity (Wildman–Crippen MR) is 107 cm³/mol. The van der Waals surface area contributed by atoms with Gasteiger partial charge in [-0.25, -0.2) is 18.7 Å². The first-order chi connectivity index (χ1) is 13.6. The van der Waals surface area contributed by atoms with Crippen LogP contribution in [0.15, 0.2) is 54.9 Å². The average molecular weight is 381 g/mol. The van der Waals surface area contributed by atoms with Crippen LogP contribution in [0, 0.1) is 18.6 Å². The molecule has 144 valence electrons. The second-order valence-corrected chi connectivity index (χ2v) is 6.82. The summed E-state index contributed by atoms with van der Waals surface area (Å²) in [4.78, 5) is 13.0. The summed E-state index contributed by atoms with van der Waals surface area (Å²) in [7, 11) is 0. The van der Waals surface area contributed by atoms with Gasteiger partial charge in [-0.1, -0.05) is 12.1 Å². The van der Waals surface area contributed by atoms with E-state index in [4.69, 9.17) is 0 Å². The number of aromatic nitrogens is 2. The van der Waals surface area contributed by atoms with Gasteiger partial charge in [0, 0.05) is 44.0 Å². The Labute approximate surface area is 162 Å². The third kappa shape index (κ3) is 4.03. The lowest BCUT2D eigenvalue weighted by Crippen LogP contribution is -2.46. The molecule has 0 bridgehead atoms. The molecule has 1 N–H and O–H groups in total. The molecule has 2 heterocycles. The minimum absolute atomic E-state index is 0.176. The first-order valence-corrected chi connectivity index (χ1v) is 9.19. The first kappa shape index (κ1) is 18.2. The van der Waals surface area contributed by atoms with Crippen LogP contribution in [0.3, 0.4) is 0 Å². The lowest BCUT2D eigenvalue weighted by atomic mass is 10.2. The van der Waals surface area contributed by atoms with Crippen LogP contribution < -0.4 is 15.1 Å². The monoisotopic (exact) mass is 381 g/mol. The zero-order chi connectivity index (χ0) is 19.5. The fourth-order valence-electron chi connectivity index (χ4n) is 3.34. The summed E-state index contributed by atoms with van der Waals surface area (Å²) in [5.74, 6) is -0.0228. The molecule has 1 saturated heterocycles. The second kappa shape index (κ2) is 7.80. The van der Waals surface area contributed by atoms with E-state index in [0.717, 1.165) is 38.1 Å². The van der Waals surface area contributed by atoms with Crippen LogP contribution in [0.5, 0.6) is 0 Å². The van der Waals surface area contributed by atoms with Crippen molar-refractivity contribution in [2.45, 2.75) is 6.92 Å². The summed E-state index contributed by atoms with van der Waals surface area (Å²) in [6.45, 7) is 5.54. The molecule has 1 aliphatic heterocycles.